The van der Waals surface area contributed by atoms with E-state index in [1.807, 2.05) is 42.5 Å². The predicted molar refractivity (Wildman–Crippen MR) is 86.2 cm³/mol. The van der Waals surface area contributed by atoms with Crippen molar-refractivity contribution in [2.24, 2.45) is 0 Å². The number of hydrogen-bond acceptors (Lipinski definition) is 4. The maximum absolute atomic E-state index is 6.07. The lowest BCUT2D eigenvalue weighted by Crippen LogP contribution is -2.07. The molecule has 0 amide bonds. The van der Waals surface area contributed by atoms with Gasteiger partial charge in [-0.25, -0.2) is 0 Å². The van der Waals surface area contributed by atoms with Crippen LogP contribution in [0.5, 0.6) is 23.0 Å². The smallest absolute Gasteiger partial charge is 0.161 e. The summed E-state index contributed by atoms with van der Waals surface area (Å²) >= 11 is 0. The zero-order valence-electron chi connectivity index (χ0n) is 13.5. The van der Waals surface area contributed by atoms with Crippen LogP contribution in [0.25, 0.3) is 0 Å². The molecule has 0 aliphatic carbocycles. The minimum atomic E-state index is -0.0480. The van der Waals surface area contributed by atoms with E-state index in [-0.39, 0.29) is 6.10 Å². The SMILES string of the molecule is CCC(Oc1ccc(OC)cc1)c1ccc(OC)c(OC)c1. The van der Waals surface area contributed by atoms with E-state index in [1.54, 1.807) is 21.3 Å². The molecule has 118 valence electrons. The van der Waals surface area contributed by atoms with Gasteiger partial charge < -0.3 is 18.9 Å². The van der Waals surface area contributed by atoms with Gasteiger partial charge in [-0.2, -0.15) is 0 Å². The Hall–Kier alpha value is -2.36. The Kier molecular flexibility index (Phi) is 5.53. The molecule has 4 heteroatoms. The van der Waals surface area contributed by atoms with Crippen LogP contribution >= 0.6 is 0 Å². The molecule has 2 rings (SSSR count). The highest BCUT2D eigenvalue weighted by Gasteiger charge is 2.14. The third kappa shape index (κ3) is 3.64. The second-order valence-corrected chi connectivity index (χ2v) is 4.80. The standard InChI is InChI=1S/C18H22O4/c1-5-16(22-15-9-7-14(19-2)8-10-15)13-6-11-17(20-3)18(12-13)21-4/h6-12,16H,5H2,1-4H3. The van der Waals surface area contributed by atoms with Crippen LogP contribution in [0.1, 0.15) is 25.0 Å². The molecular formula is C18H22O4. The number of ether oxygens (including phenoxy) is 4. The molecule has 0 saturated heterocycles. The molecule has 0 aliphatic heterocycles. The molecular weight excluding hydrogens is 280 g/mol. The topological polar surface area (TPSA) is 36.9 Å². The van der Waals surface area contributed by atoms with Crippen molar-refractivity contribution in [1.82, 2.24) is 0 Å². The maximum Gasteiger partial charge on any atom is 0.161 e. The summed E-state index contributed by atoms with van der Waals surface area (Å²) in [6.07, 6.45) is 0.801. The molecule has 0 radical (unpaired) electrons. The molecule has 0 N–H and O–H groups in total. The molecule has 0 heterocycles. The van der Waals surface area contributed by atoms with Crippen molar-refractivity contribution < 1.29 is 18.9 Å². The summed E-state index contributed by atoms with van der Waals surface area (Å²) in [5.74, 6) is 3.04. The van der Waals surface area contributed by atoms with Crippen molar-refractivity contribution in [3.05, 3.63) is 48.0 Å². The monoisotopic (exact) mass is 302 g/mol. The summed E-state index contributed by atoms with van der Waals surface area (Å²) in [6, 6.07) is 13.4. The van der Waals surface area contributed by atoms with Crippen LogP contribution in [0.4, 0.5) is 0 Å². The Balaban J connectivity index is 2.20. The van der Waals surface area contributed by atoms with Gasteiger partial charge in [-0.3, -0.25) is 0 Å². The van der Waals surface area contributed by atoms with Gasteiger partial charge in [0.25, 0.3) is 0 Å². The highest BCUT2D eigenvalue weighted by molar-refractivity contribution is 5.44. The van der Waals surface area contributed by atoms with E-state index in [2.05, 4.69) is 6.92 Å². The second-order valence-electron chi connectivity index (χ2n) is 4.80. The van der Waals surface area contributed by atoms with Crippen molar-refractivity contribution >= 4 is 0 Å². The average molecular weight is 302 g/mol. The number of hydrogen-bond donors (Lipinski definition) is 0. The van der Waals surface area contributed by atoms with Gasteiger partial charge in [-0.15, -0.1) is 0 Å². The Morgan fingerprint density at radius 3 is 1.95 bits per heavy atom. The molecule has 0 aliphatic rings. The summed E-state index contributed by atoms with van der Waals surface area (Å²) in [6.45, 7) is 2.09. The molecule has 22 heavy (non-hydrogen) atoms. The second kappa shape index (κ2) is 7.59. The lowest BCUT2D eigenvalue weighted by atomic mass is 10.1. The Labute approximate surface area is 131 Å². The van der Waals surface area contributed by atoms with E-state index in [0.29, 0.717) is 11.5 Å². The molecule has 2 aromatic rings. The number of rotatable bonds is 7. The predicted octanol–water partition coefficient (Wildman–Crippen LogP) is 4.24. The van der Waals surface area contributed by atoms with Crippen molar-refractivity contribution in [3.8, 4) is 23.0 Å². The van der Waals surface area contributed by atoms with Gasteiger partial charge in [-0.1, -0.05) is 13.0 Å². The summed E-state index contributed by atoms with van der Waals surface area (Å²) in [5.41, 5.74) is 1.05. The minimum absolute atomic E-state index is 0.0480. The van der Waals surface area contributed by atoms with Crippen LogP contribution in [0.3, 0.4) is 0 Å². The fraction of sp³-hybridized carbons (Fsp3) is 0.333. The van der Waals surface area contributed by atoms with Crippen LogP contribution in [0.15, 0.2) is 42.5 Å². The van der Waals surface area contributed by atoms with Gasteiger partial charge >= 0.3 is 0 Å². The zero-order chi connectivity index (χ0) is 15.9. The van der Waals surface area contributed by atoms with Crippen LogP contribution in [-0.2, 0) is 0 Å². The van der Waals surface area contributed by atoms with Crippen molar-refractivity contribution in [2.75, 3.05) is 21.3 Å². The fourth-order valence-corrected chi connectivity index (χ4v) is 2.26. The molecule has 0 bridgehead atoms. The van der Waals surface area contributed by atoms with Gasteiger partial charge in [0.05, 0.1) is 21.3 Å². The van der Waals surface area contributed by atoms with E-state index in [0.717, 1.165) is 23.5 Å². The summed E-state index contributed by atoms with van der Waals surface area (Å²) in [4.78, 5) is 0. The van der Waals surface area contributed by atoms with Gasteiger partial charge in [0, 0.05) is 0 Å². The third-order valence-corrected chi connectivity index (χ3v) is 3.49. The molecule has 0 spiro atoms. The normalized spacial score (nSPS) is 11.6. The molecule has 1 unspecified atom stereocenters. The van der Waals surface area contributed by atoms with Crippen LogP contribution < -0.4 is 18.9 Å². The van der Waals surface area contributed by atoms with E-state index in [9.17, 15) is 0 Å². The van der Waals surface area contributed by atoms with Crippen LogP contribution in [0, 0.1) is 0 Å². The molecule has 0 aromatic heterocycles. The van der Waals surface area contributed by atoms with Crippen molar-refractivity contribution in [2.45, 2.75) is 19.4 Å². The van der Waals surface area contributed by atoms with Crippen LogP contribution in [-0.4, -0.2) is 21.3 Å². The third-order valence-electron chi connectivity index (χ3n) is 3.49. The Bertz CT molecular complexity index is 593. The van der Waals surface area contributed by atoms with Gasteiger partial charge in [0.15, 0.2) is 11.5 Å². The quantitative estimate of drug-likeness (QED) is 0.766. The Morgan fingerprint density at radius 2 is 1.41 bits per heavy atom. The lowest BCUT2D eigenvalue weighted by Gasteiger charge is -2.19. The Morgan fingerprint density at radius 1 is 0.773 bits per heavy atom. The van der Waals surface area contributed by atoms with E-state index in [4.69, 9.17) is 18.9 Å². The molecule has 1 atom stereocenters. The van der Waals surface area contributed by atoms with Crippen LogP contribution in [0.2, 0.25) is 0 Å². The highest BCUT2D eigenvalue weighted by atomic mass is 16.5. The van der Waals surface area contributed by atoms with E-state index >= 15 is 0 Å². The molecule has 0 saturated carbocycles. The molecule has 0 fully saturated rings. The first-order chi connectivity index (χ1) is 10.7. The van der Waals surface area contributed by atoms with E-state index in [1.165, 1.54) is 0 Å². The first kappa shape index (κ1) is 16.0. The average Bonchev–Trinajstić information content (AvgIpc) is 2.59. The zero-order valence-corrected chi connectivity index (χ0v) is 13.5. The fourth-order valence-electron chi connectivity index (χ4n) is 2.26. The summed E-state index contributed by atoms with van der Waals surface area (Å²) < 4.78 is 21.8. The summed E-state index contributed by atoms with van der Waals surface area (Å²) in [7, 11) is 4.91. The van der Waals surface area contributed by atoms with Crippen molar-refractivity contribution in [1.29, 1.82) is 0 Å². The van der Waals surface area contributed by atoms with Gasteiger partial charge in [0.1, 0.15) is 17.6 Å². The largest absolute Gasteiger partial charge is 0.497 e. The van der Waals surface area contributed by atoms with Crippen molar-refractivity contribution in [3.63, 3.8) is 0 Å². The molecule has 4 nitrogen and oxygen atoms in total. The van der Waals surface area contributed by atoms with Gasteiger partial charge in [0.2, 0.25) is 0 Å². The molecule has 2 aromatic carbocycles. The highest BCUT2D eigenvalue weighted by Crippen LogP contribution is 2.33. The van der Waals surface area contributed by atoms with Gasteiger partial charge in [-0.05, 0) is 48.4 Å². The minimum Gasteiger partial charge on any atom is -0.497 e. The number of methoxy groups -OCH3 is 3. The number of benzene rings is 2. The van der Waals surface area contributed by atoms with E-state index < -0.39 is 0 Å². The maximum atomic E-state index is 6.07. The first-order valence-electron chi connectivity index (χ1n) is 7.24. The lowest BCUT2D eigenvalue weighted by molar-refractivity contribution is 0.200. The first-order valence-corrected chi connectivity index (χ1v) is 7.24. The summed E-state index contributed by atoms with van der Waals surface area (Å²) in [5, 5.41) is 0.